The fraction of sp³-hybridized carbons (Fsp3) is 0.167. The molecule has 0 radical (unpaired) electrons. The molecule has 2 rings (SSSR count). The van der Waals surface area contributed by atoms with E-state index < -0.39 is 30.3 Å². The highest BCUT2D eigenvalue weighted by molar-refractivity contribution is 5.96. The second-order valence-electron chi connectivity index (χ2n) is 4.05. The summed E-state index contributed by atoms with van der Waals surface area (Å²) < 4.78 is 1.60. The minimum atomic E-state index is -1.50. The van der Waals surface area contributed by atoms with Crippen molar-refractivity contribution in [1.82, 2.24) is 14.7 Å². The normalized spacial score (nSPS) is 12.0. The van der Waals surface area contributed by atoms with Gasteiger partial charge in [-0.05, 0) is 12.1 Å². The van der Waals surface area contributed by atoms with Gasteiger partial charge in [-0.1, -0.05) is 6.07 Å². The minimum Gasteiger partial charge on any atom is -0.481 e. The number of carboxylic acid groups (broad SMARTS) is 2. The van der Waals surface area contributed by atoms with E-state index in [0.29, 0.717) is 5.65 Å². The van der Waals surface area contributed by atoms with Crippen LogP contribution in [0.1, 0.15) is 16.9 Å². The summed E-state index contributed by atoms with van der Waals surface area (Å²) in [6, 6.07) is 3.68. The second kappa shape index (κ2) is 5.39. The zero-order chi connectivity index (χ0) is 14.7. The van der Waals surface area contributed by atoms with E-state index in [1.807, 2.05) is 0 Å². The first kappa shape index (κ1) is 13.5. The number of nitrogens with one attached hydrogen (secondary N) is 1. The van der Waals surface area contributed by atoms with Crippen LogP contribution in [0.5, 0.6) is 0 Å². The van der Waals surface area contributed by atoms with Crippen molar-refractivity contribution in [3.63, 3.8) is 0 Å². The molecule has 8 nitrogen and oxygen atoms in total. The summed E-state index contributed by atoms with van der Waals surface area (Å²) in [5.41, 5.74) is 0.551. The van der Waals surface area contributed by atoms with Gasteiger partial charge in [-0.2, -0.15) is 0 Å². The average Bonchev–Trinajstić information content (AvgIpc) is 2.81. The number of aliphatic carboxylic acids is 2. The Balaban J connectivity index is 2.17. The summed E-state index contributed by atoms with van der Waals surface area (Å²) in [5.74, 6) is -3.46. The molecule has 1 atom stereocenters. The first-order valence-electron chi connectivity index (χ1n) is 5.66. The number of imidazole rings is 1. The highest BCUT2D eigenvalue weighted by atomic mass is 16.4. The van der Waals surface area contributed by atoms with E-state index in [9.17, 15) is 14.4 Å². The monoisotopic (exact) mass is 277 g/mol. The fourth-order valence-electron chi connectivity index (χ4n) is 1.65. The number of carbonyl (C=O) groups is 3. The van der Waals surface area contributed by atoms with Crippen molar-refractivity contribution in [3.8, 4) is 0 Å². The summed E-state index contributed by atoms with van der Waals surface area (Å²) in [6.45, 7) is 0. The van der Waals surface area contributed by atoms with Gasteiger partial charge >= 0.3 is 11.9 Å². The molecule has 0 aliphatic rings. The molecule has 0 aliphatic carbocycles. The molecule has 0 aromatic carbocycles. The summed E-state index contributed by atoms with van der Waals surface area (Å²) >= 11 is 0. The van der Waals surface area contributed by atoms with E-state index in [-0.39, 0.29) is 5.69 Å². The standard InChI is InChI=1S/C12H11N3O5/c16-10(17)5-7(12(19)20)14-11(18)8-6-15-4-2-1-3-9(15)13-8/h1-4,6-7H,5H2,(H,14,18)(H,16,17)(H,19,20)/t7-/m0/s1. The summed E-state index contributed by atoms with van der Waals surface area (Å²) in [5, 5.41) is 19.6. The number of hydrogen-bond acceptors (Lipinski definition) is 4. The number of rotatable bonds is 5. The first-order chi connectivity index (χ1) is 9.47. The predicted molar refractivity (Wildman–Crippen MR) is 66.3 cm³/mol. The third-order valence-electron chi connectivity index (χ3n) is 2.58. The molecule has 0 saturated carbocycles. The Bertz CT molecular complexity index is 646. The lowest BCUT2D eigenvalue weighted by molar-refractivity contribution is -0.145. The van der Waals surface area contributed by atoms with E-state index >= 15 is 0 Å². The smallest absolute Gasteiger partial charge is 0.326 e. The number of carbonyl (C=O) groups excluding carboxylic acids is 1. The van der Waals surface area contributed by atoms with Crippen LogP contribution in [0.3, 0.4) is 0 Å². The van der Waals surface area contributed by atoms with Crippen molar-refractivity contribution in [1.29, 1.82) is 0 Å². The minimum absolute atomic E-state index is 0.0211. The Labute approximate surface area is 112 Å². The Kier molecular flexibility index (Phi) is 3.65. The maximum atomic E-state index is 11.9. The molecular weight excluding hydrogens is 266 g/mol. The van der Waals surface area contributed by atoms with Gasteiger partial charge < -0.3 is 19.9 Å². The van der Waals surface area contributed by atoms with Gasteiger partial charge in [-0.3, -0.25) is 9.59 Å². The second-order valence-corrected chi connectivity index (χ2v) is 4.05. The van der Waals surface area contributed by atoms with Crippen LogP contribution in [0.15, 0.2) is 30.6 Å². The van der Waals surface area contributed by atoms with Gasteiger partial charge in [0.05, 0.1) is 6.42 Å². The van der Waals surface area contributed by atoms with Gasteiger partial charge in [-0.25, -0.2) is 9.78 Å². The summed E-state index contributed by atoms with van der Waals surface area (Å²) in [4.78, 5) is 37.3. The first-order valence-corrected chi connectivity index (χ1v) is 5.66. The Morgan fingerprint density at radius 2 is 2.05 bits per heavy atom. The molecule has 0 spiro atoms. The molecule has 2 aromatic heterocycles. The number of amides is 1. The summed E-state index contributed by atoms with van der Waals surface area (Å²) in [7, 11) is 0. The van der Waals surface area contributed by atoms with Crippen molar-refractivity contribution in [2.75, 3.05) is 0 Å². The molecule has 2 aromatic rings. The van der Waals surface area contributed by atoms with Gasteiger partial charge in [0.15, 0.2) is 0 Å². The van der Waals surface area contributed by atoms with Gasteiger partial charge in [0.25, 0.3) is 5.91 Å². The number of pyridine rings is 1. The van der Waals surface area contributed by atoms with Crippen molar-refractivity contribution < 1.29 is 24.6 Å². The number of hydrogen-bond donors (Lipinski definition) is 3. The van der Waals surface area contributed by atoms with E-state index in [2.05, 4.69) is 10.3 Å². The molecule has 0 aliphatic heterocycles. The molecule has 8 heteroatoms. The number of fused-ring (bicyclic) bond motifs is 1. The molecule has 3 N–H and O–H groups in total. The molecule has 2 heterocycles. The van der Waals surface area contributed by atoms with E-state index in [4.69, 9.17) is 10.2 Å². The van der Waals surface area contributed by atoms with Crippen LogP contribution in [0, 0.1) is 0 Å². The molecule has 0 saturated heterocycles. The third kappa shape index (κ3) is 2.91. The molecular formula is C12H11N3O5. The molecule has 0 bridgehead atoms. The average molecular weight is 277 g/mol. The van der Waals surface area contributed by atoms with Crippen LogP contribution < -0.4 is 5.32 Å². The highest BCUT2D eigenvalue weighted by Crippen LogP contribution is 2.05. The fourth-order valence-corrected chi connectivity index (χ4v) is 1.65. The number of aromatic nitrogens is 2. The van der Waals surface area contributed by atoms with Gasteiger partial charge in [-0.15, -0.1) is 0 Å². The molecule has 0 unspecified atom stereocenters. The van der Waals surface area contributed by atoms with E-state index in [1.54, 1.807) is 28.8 Å². The lowest BCUT2D eigenvalue weighted by atomic mass is 10.2. The number of carboxylic acids is 2. The third-order valence-corrected chi connectivity index (χ3v) is 2.58. The maximum Gasteiger partial charge on any atom is 0.326 e. The van der Waals surface area contributed by atoms with Gasteiger partial charge in [0, 0.05) is 12.4 Å². The van der Waals surface area contributed by atoms with Crippen molar-refractivity contribution in [2.45, 2.75) is 12.5 Å². The number of nitrogens with zero attached hydrogens (tertiary/aromatic N) is 2. The molecule has 104 valence electrons. The van der Waals surface area contributed by atoms with Crippen LogP contribution in [0.2, 0.25) is 0 Å². The molecule has 1 amide bonds. The van der Waals surface area contributed by atoms with Crippen LogP contribution >= 0.6 is 0 Å². The Morgan fingerprint density at radius 1 is 1.30 bits per heavy atom. The van der Waals surface area contributed by atoms with E-state index in [0.717, 1.165) is 0 Å². The quantitative estimate of drug-likeness (QED) is 0.707. The van der Waals surface area contributed by atoms with Gasteiger partial charge in [0.2, 0.25) is 0 Å². The van der Waals surface area contributed by atoms with Crippen LogP contribution in [-0.2, 0) is 9.59 Å². The van der Waals surface area contributed by atoms with Crippen molar-refractivity contribution in [3.05, 3.63) is 36.3 Å². The van der Waals surface area contributed by atoms with Crippen LogP contribution in [0.25, 0.3) is 5.65 Å². The van der Waals surface area contributed by atoms with E-state index in [1.165, 1.54) is 6.20 Å². The highest BCUT2D eigenvalue weighted by Gasteiger charge is 2.24. The SMILES string of the molecule is O=C(O)C[C@H](NC(=O)c1cn2ccccc2n1)C(=O)O. The van der Waals surface area contributed by atoms with Gasteiger partial charge in [0.1, 0.15) is 17.4 Å². The topological polar surface area (TPSA) is 121 Å². The zero-order valence-corrected chi connectivity index (χ0v) is 10.2. The van der Waals surface area contributed by atoms with Crippen LogP contribution in [0.4, 0.5) is 0 Å². The predicted octanol–water partition coefficient (Wildman–Crippen LogP) is -0.00800. The van der Waals surface area contributed by atoms with Crippen LogP contribution in [-0.4, -0.2) is 43.5 Å². The molecule has 0 fully saturated rings. The van der Waals surface area contributed by atoms with Crippen molar-refractivity contribution in [2.24, 2.45) is 0 Å². The maximum absolute atomic E-state index is 11.9. The van der Waals surface area contributed by atoms with Crippen molar-refractivity contribution >= 4 is 23.5 Å². The lowest BCUT2D eigenvalue weighted by Crippen LogP contribution is -2.42. The largest absolute Gasteiger partial charge is 0.481 e. The Morgan fingerprint density at radius 3 is 2.65 bits per heavy atom. The zero-order valence-electron chi connectivity index (χ0n) is 10.2. The lowest BCUT2D eigenvalue weighted by Gasteiger charge is -2.10. The molecule has 20 heavy (non-hydrogen) atoms. The summed E-state index contributed by atoms with van der Waals surface area (Å²) in [6.07, 6.45) is 2.42. The Hall–Kier alpha value is -2.90.